The molecular formula is C32H36ClN3O4. The second kappa shape index (κ2) is 13.1. The maximum Gasteiger partial charge on any atom is 0.354 e. The number of carbonyl (C=O) groups excluding carboxylic acids is 2. The van der Waals surface area contributed by atoms with Gasteiger partial charge in [0.2, 0.25) is 0 Å². The number of aliphatic hydroxyl groups is 1. The highest BCUT2D eigenvalue weighted by atomic mass is 35.5. The fraction of sp³-hybridized carbons (Fsp3) is 0.312. The fourth-order valence-corrected chi connectivity index (χ4v) is 5.00. The van der Waals surface area contributed by atoms with Crippen LogP contribution in [0.1, 0.15) is 57.5 Å². The average molecular weight is 562 g/mol. The van der Waals surface area contributed by atoms with Crippen LogP contribution in [0.5, 0.6) is 0 Å². The molecule has 0 spiro atoms. The number of aliphatic hydroxyl groups excluding tert-OH is 1. The van der Waals surface area contributed by atoms with Gasteiger partial charge in [0.05, 0.1) is 12.7 Å². The van der Waals surface area contributed by atoms with Gasteiger partial charge in [-0.2, -0.15) is 0 Å². The molecule has 1 heterocycles. The maximum atomic E-state index is 12.9. The molecule has 2 N–H and O–H groups in total. The molecule has 4 rings (SSSR count). The number of benzene rings is 3. The monoisotopic (exact) mass is 561 g/mol. The van der Waals surface area contributed by atoms with Crippen LogP contribution in [0.2, 0.25) is 5.02 Å². The van der Waals surface area contributed by atoms with E-state index in [9.17, 15) is 14.7 Å². The summed E-state index contributed by atoms with van der Waals surface area (Å²) in [5.74, 6) is -0.455. The number of nitrogens with zero attached hydrogens (tertiary/aromatic N) is 2. The Balaban J connectivity index is 1.54. The molecule has 0 saturated heterocycles. The molecule has 0 unspecified atom stereocenters. The van der Waals surface area contributed by atoms with Crippen LogP contribution in [0.4, 0.5) is 0 Å². The molecule has 7 nitrogen and oxygen atoms in total. The molecule has 2 atom stereocenters. The Kier molecular flexibility index (Phi) is 9.63. The number of amides is 1. The number of esters is 1. The van der Waals surface area contributed by atoms with Crippen LogP contribution in [-0.2, 0) is 17.7 Å². The van der Waals surface area contributed by atoms with Gasteiger partial charge in [-0.05, 0) is 79.4 Å². The second-order valence-electron chi connectivity index (χ2n) is 10.2. The minimum atomic E-state index is -0.656. The van der Waals surface area contributed by atoms with Gasteiger partial charge in [-0.15, -0.1) is 0 Å². The molecule has 1 amide bonds. The Morgan fingerprint density at radius 1 is 1.02 bits per heavy atom. The summed E-state index contributed by atoms with van der Waals surface area (Å²) in [5, 5.41) is 15.5. The molecular weight excluding hydrogens is 526 g/mol. The molecule has 0 fully saturated rings. The predicted octanol–water partition coefficient (Wildman–Crippen LogP) is 5.48. The molecule has 8 heteroatoms. The molecule has 0 aliphatic carbocycles. The average Bonchev–Trinajstić information content (AvgIpc) is 3.29. The van der Waals surface area contributed by atoms with Crippen molar-refractivity contribution in [3.05, 3.63) is 106 Å². The topological polar surface area (TPSA) is 83.8 Å². The van der Waals surface area contributed by atoms with E-state index in [-0.39, 0.29) is 24.5 Å². The smallest absolute Gasteiger partial charge is 0.354 e. The Bertz CT molecular complexity index is 1500. The minimum absolute atomic E-state index is 0.0720. The molecule has 1 aromatic heterocycles. The number of halogens is 1. The van der Waals surface area contributed by atoms with Gasteiger partial charge in [0.15, 0.2) is 0 Å². The van der Waals surface area contributed by atoms with Crippen molar-refractivity contribution in [2.45, 2.75) is 39.0 Å². The Hall–Kier alpha value is -3.65. The van der Waals surface area contributed by atoms with Crippen LogP contribution < -0.4 is 5.32 Å². The van der Waals surface area contributed by atoms with Crippen molar-refractivity contribution in [1.29, 1.82) is 0 Å². The van der Waals surface area contributed by atoms with Gasteiger partial charge in [-0.1, -0.05) is 41.9 Å². The number of hydrogen-bond acceptors (Lipinski definition) is 5. The summed E-state index contributed by atoms with van der Waals surface area (Å²) >= 11 is 6.06. The van der Waals surface area contributed by atoms with E-state index >= 15 is 0 Å². The van der Waals surface area contributed by atoms with Gasteiger partial charge >= 0.3 is 5.97 Å². The molecule has 40 heavy (non-hydrogen) atoms. The first kappa shape index (κ1) is 29.3. The Labute approximate surface area is 240 Å². The highest BCUT2D eigenvalue weighted by Gasteiger charge is 2.19. The van der Waals surface area contributed by atoms with E-state index in [2.05, 4.69) is 24.4 Å². The van der Waals surface area contributed by atoms with Crippen LogP contribution in [0.15, 0.2) is 72.8 Å². The van der Waals surface area contributed by atoms with Crippen LogP contribution >= 0.6 is 11.6 Å². The van der Waals surface area contributed by atoms with Gasteiger partial charge in [0.1, 0.15) is 5.69 Å². The van der Waals surface area contributed by atoms with Crippen molar-refractivity contribution in [1.82, 2.24) is 14.8 Å². The van der Waals surface area contributed by atoms with Crippen molar-refractivity contribution in [3.63, 3.8) is 0 Å². The summed E-state index contributed by atoms with van der Waals surface area (Å²) in [6.07, 6.45) is 0.0867. The minimum Gasteiger partial charge on any atom is -0.461 e. The predicted molar refractivity (Wildman–Crippen MR) is 159 cm³/mol. The molecule has 0 radical (unpaired) electrons. The zero-order valence-electron chi connectivity index (χ0n) is 23.4. The van der Waals surface area contributed by atoms with Crippen LogP contribution in [0.3, 0.4) is 0 Å². The lowest BCUT2D eigenvalue weighted by molar-refractivity contribution is 0.0514. The SMILES string of the molecule is CCOC(=O)c1cc2cc(C[C@@H](C)NC[C@@H](O)c3cccc(Cl)c3)ccc2n1Cc1cccc(C(=O)N(C)C)c1. The zero-order chi connectivity index (χ0) is 28.8. The fourth-order valence-electron chi connectivity index (χ4n) is 4.81. The summed E-state index contributed by atoms with van der Waals surface area (Å²) in [4.78, 5) is 26.9. The number of ether oxygens (including phenoxy) is 1. The quantitative estimate of drug-likeness (QED) is 0.237. The lowest BCUT2D eigenvalue weighted by atomic mass is 10.0. The van der Waals surface area contributed by atoms with Crippen molar-refractivity contribution >= 4 is 34.4 Å². The molecule has 0 aliphatic rings. The van der Waals surface area contributed by atoms with Crippen LogP contribution in [0, 0.1) is 0 Å². The summed E-state index contributed by atoms with van der Waals surface area (Å²) in [7, 11) is 3.45. The van der Waals surface area contributed by atoms with Crippen molar-refractivity contribution in [3.8, 4) is 0 Å². The van der Waals surface area contributed by atoms with Gasteiger partial charge in [-0.3, -0.25) is 4.79 Å². The first-order valence-electron chi connectivity index (χ1n) is 13.4. The third kappa shape index (κ3) is 7.10. The summed E-state index contributed by atoms with van der Waals surface area (Å²) in [5.41, 5.74) is 4.77. The maximum absolute atomic E-state index is 12.9. The number of hydrogen-bond donors (Lipinski definition) is 2. The molecule has 210 valence electrons. The summed E-state index contributed by atoms with van der Waals surface area (Å²) < 4.78 is 7.30. The molecule has 0 bridgehead atoms. The standard InChI is InChI=1S/C32H36ClN3O4/c1-5-40-32(39)29-18-26-15-22(14-21(2)34-19-30(37)24-9-7-11-27(33)17-24)12-13-28(26)36(29)20-23-8-6-10-25(16-23)31(38)35(3)4/h6-13,15-18,21,30,34,37H,5,14,19-20H2,1-4H3/t21-,30-/m1/s1. The largest absolute Gasteiger partial charge is 0.461 e. The van der Waals surface area contributed by atoms with E-state index < -0.39 is 6.10 Å². The third-order valence-corrected chi connectivity index (χ3v) is 7.04. The molecule has 3 aromatic carbocycles. The first-order chi connectivity index (χ1) is 19.2. The van der Waals surface area contributed by atoms with E-state index in [1.165, 1.54) is 0 Å². The summed E-state index contributed by atoms with van der Waals surface area (Å²) in [6.45, 7) is 4.97. The lowest BCUT2D eigenvalue weighted by Crippen LogP contribution is -2.32. The highest BCUT2D eigenvalue weighted by Crippen LogP contribution is 2.25. The van der Waals surface area contributed by atoms with E-state index in [0.29, 0.717) is 29.4 Å². The van der Waals surface area contributed by atoms with Gasteiger partial charge in [-0.25, -0.2) is 4.79 Å². The van der Waals surface area contributed by atoms with Crippen molar-refractivity contribution < 1.29 is 19.4 Å². The van der Waals surface area contributed by atoms with E-state index in [4.69, 9.17) is 16.3 Å². The Morgan fingerprint density at radius 2 is 1.80 bits per heavy atom. The van der Waals surface area contributed by atoms with Crippen LogP contribution in [0.25, 0.3) is 10.9 Å². The van der Waals surface area contributed by atoms with Crippen molar-refractivity contribution in [2.75, 3.05) is 27.2 Å². The number of fused-ring (bicyclic) bond motifs is 1. The van der Waals surface area contributed by atoms with E-state index in [1.54, 1.807) is 44.1 Å². The zero-order valence-corrected chi connectivity index (χ0v) is 24.1. The normalized spacial score (nSPS) is 12.8. The summed E-state index contributed by atoms with van der Waals surface area (Å²) in [6, 6.07) is 22.9. The van der Waals surface area contributed by atoms with E-state index in [1.807, 2.05) is 47.0 Å². The van der Waals surface area contributed by atoms with Crippen molar-refractivity contribution in [2.24, 2.45) is 0 Å². The highest BCUT2D eigenvalue weighted by molar-refractivity contribution is 6.30. The molecule has 0 saturated carbocycles. The van der Waals surface area contributed by atoms with Crippen LogP contribution in [-0.4, -0.2) is 59.7 Å². The van der Waals surface area contributed by atoms with E-state index in [0.717, 1.165) is 34.0 Å². The number of aromatic nitrogens is 1. The number of carbonyl (C=O) groups is 2. The third-order valence-electron chi connectivity index (χ3n) is 6.81. The Morgan fingerprint density at radius 3 is 2.52 bits per heavy atom. The van der Waals surface area contributed by atoms with Gasteiger partial charge in [0, 0.05) is 54.7 Å². The van der Waals surface area contributed by atoms with Gasteiger partial charge < -0.3 is 24.6 Å². The molecule has 0 aliphatic heterocycles. The molecule has 4 aromatic rings. The first-order valence-corrected chi connectivity index (χ1v) is 13.8. The lowest BCUT2D eigenvalue weighted by Gasteiger charge is -2.18. The van der Waals surface area contributed by atoms with Gasteiger partial charge in [0.25, 0.3) is 5.91 Å². The second-order valence-corrected chi connectivity index (χ2v) is 10.6. The number of nitrogens with one attached hydrogen (secondary N) is 1. The number of rotatable bonds is 11.